The molecule has 0 saturated heterocycles. The summed E-state index contributed by atoms with van der Waals surface area (Å²) in [5, 5.41) is 0. The third-order valence-corrected chi connectivity index (χ3v) is 2.83. The third kappa shape index (κ3) is 2.11. The van der Waals surface area contributed by atoms with Crippen molar-refractivity contribution in [2.75, 3.05) is 0 Å². The Morgan fingerprint density at radius 2 is 2.00 bits per heavy atom. The lowest BCUT2D eigenvalue weighted by molar-refractivity contribution is -0.137. The number of rotatable bonds is 1. The molecule has 0 atom stereocenters. The summed E-state index contributed by atoms with van der Waals surface area (Å²) < 4.78 is 43.2. The van der Waals surface area contributed by atoms with Crippen molar-refractivity contribution < 1.29 is 17.6 Å². The van der Waals surface area contributed by atoms with Crippen molar-refractivity contribution in [1.82, 2.24) is 15.0 Å². The van der Waals surface area contributed by atoms with Crippen molar-refractivity contribution in [3.63, 3.8) is 0 Å². The van der Waals surface area contributed by atoms with Crippen LogP contribution in [-0.2, 0) is 6.18 Å². The van der Waals surface area contributed by atoms with Gasteiger partial charge in [-0.05, 0) is 24.6 Å². The fraction of sp³-hybridized carbons (Fsp3) is 0.154. The van der Waals surface area contributed by atoms with E-state index in [0.717, 1.165) is 17.8 Å². The average Bonchev–Trinajstić information content (AvgIpc) is 2.80. The second kappa shape index (κ2) is 4.29. The first-order valence-corrected chi connectivity index (χ1v) is 5.70. The highest BCUT2D eigenvalue weighted by atomic mass is 19.4. The summed E-state index contributed by atoms with van der Waals surface area (Å²) >= 11 is 0. The van der Waals surface area contributed by atoms with Gasteiger partial charge in [0, 0.05) is 24.2 Å². The van der Waals surface area contributed by atoms with E-state index in [1.165, 1.54) is 0 Å². The van der Waals surface area contributed by atoms with Crippen LogP contribution in [0.25, 0.3) is 22.7 Å². The van der Waals surface area contributed by atoms with E-state index >= 15 is 0 Å². The van der Waals surface area contributed by atoms with Crippen LogP contribution in [-0.4, -0.2) is 15.0 Å². The smallest absolute Gasteiger partial charge is 0.417 e. The van der Waals surface area contributed by atoms with Crippen LogP contribution in [0.15, 0.2) is 35.1 Å². The largest absolute Gasteiger partial charge is 0.418 e. The number of hydrogen-bond acceptors (Lipinski definition) is 4. The second-order valence-corrected chi connectivity index (χ2v) is 4.26. The van der Waals surface area contributed by atoms with Crippen LogP contribution in [0, 0.1) is 6.92 Å². The van der Waals surface area contributed by atoms with Gasteiger partial charge < -0.3 is 4.42 Å². The highest BCUT2D eigenvalue weighted by Gasteiger charge is 2.31. The van der Waals surface area contributed by atoms with Gasteiger partial charge in [0.05, 0.1) is 5.56 Å². The molecule has 0 radical (unpaired) electrons. The molecule has 7 heteroatoms. The van der Waals surface area contributed by atoms with Crippen LogP contribution in [0.1, 0.15) is 11.1 Å². The molecule has 4 nitrogen and oxygen atoms in total. The summed E-state index contributed by atoms with van der Waals surface area (Å²) in [5.74, 6) is 0.228. The predicted molar refractivity (Wildman–Crippen MR) is 64.8 cm³/mol. The van der Waals surface area contributed by atoms with Gasteiger partial charge in [-0.15, -0.1) is 0 Å². The molecular formula is C13H8F3N3O. The van der Waals surface area contributed by atoms with E-state index in [0.29, 0.717) is 5.56 Å². The normalized spacial score (nSPS) is 12.0. The first-order chi connectivity index (χ1) is 9.45. The number of halogens is 3. The van der Waals surface area contributed by atoms with E-state index in [-0.39, 0.29) is 17.1 Å². The van der Waals surface area contributed by atoms with Crippen LogP contribution < -0.4 is 0 Å². The highest BCUT2D eigenvalue weighted by molar-refractivity contribution is 5.73. The summed E-state index contributed by atoms with van der Waals surface area (Å²) in [6, 6.07) is 2.61. The number of hydrogen-bond donors (Lipinski definition) is 0. The number of nitrogens with zero attached hydrogens (tertiary/aromatic N) is 3. The molecule has 0 N–H and O–H groups in total. The topological polar surface area (TPSA) is 51.8 Å². The van der Waals surface area contributed by atoms with E-state index in [2.05, 4.69) is 15.0 Å². The number of aromatic nitrogens is 3. The zero-order valence-corrected chi connectivity index (χ0v) is 10.3. The Kier molecular flexibility index (Phi) is 2.70. The monoisotopic (exact) mass is 279 g/mol. The van der Waals surface area contributed by atoms with Crippen LogP contribution in [0.5, 0.6) is 0 Å². The van der Waals surface area contributed by atoms with Crippen molar-refractivity contribution in [3.05, 3.63) is 41.9 Å². The average molecular weight is 279 g/mol. The fourth-order valence-corrected chi connectivity index (χ4v) is 1.81. The summed E-state index contributed by atoms with van der Waals surface area (Å²) in [4.78, 5) is 11.7. The quantitative estimate of drug-likeness (QED) is 0.682. The van der Waals surface area contributed by atoms with Crippen molar-refractivity contribution >= 4 is 11.2 Å². The number of aryl methyl sites for hydroxylation is 1. The number of oxazole rings is 1. The minimum atomic E-state index is -4.45. The number of alkyl halides is 3. The van der Waals surface area contributed by atoms with Gasteiger partial charge in [0.2, 0.25) is 11.6 Å². The summed E-state index contributed by atoms with van der Waals surface area (Å²) in [5.41, 5.74) is 0.785. The first kappa shape index (κ1) is 12.6. The first-order valence-electron chi connectivity index (χ1n) is 5.70. The second-order valence-electron chi connectivity index (χ2n) is 4.26. The maximum atomic E-state index is 12.6. The Bertz CT molecular complexity index is 780. The Hall–Kier alpha value is -2.44. The maximum absolute atomic E-state index is 12.6. The van der Waals surface area contributed by atoms with Crippen molar-refractivity contribution in [2.45, 2.75) is 13.1 Å². The molecule has 0 aliphatic heterocycles. The van der Waals surface area contributed by atoms with Gasteiger partial charge in [0.15, 0.2) is 0 Å². The lowest BCUT2D eigenvalue weighted by atomic mass is 10.1. The van der Waals surface area contributed by atoms with Crippen LogP contribution >= 0.6 is 0 Å². The Labute approximate surface area is 111 Å². The molecule has 3 heterocycles. The Morgan fingerprint density at radius 3 is 2.70 bits per heavy atom. The lowest BCUT2D eigenvalue weighted by Gasteiger charge is -2.03. The van der Waals surface area contributed by atoms with Gasteiger partial charge in [-0.1, -0.05) is 0 Å². The molecule has 0 saturated carbocycles. The van der Waals surface area contributed by atoms with Crippen molar-refractivity contribution in [1.29, 1.82) is 0 Å². The van der Waals surface area contributed by atoms with E-state index < -0.39 is 11.7 Å². The van der Waals surface area contributed by atoms with Crippen molar-refractivity contribution in [2.24, 2.45) is 0 Å². The maximum Gasteiger partial charge on any atom is 0.417 e. The van der Waals surface area contributed by atoms with Gasteiger partial charge in [0.25, 0.3) is 0 Å². The molecule has 0 bridgehead atoms. The molecule has 0 amide bonds. The van der Waals surface area contributed by atoms with Gasteiger partial charge in [-0.2, -0.15) is 13.2 Å². The SMILES string of the molecule is Cc1cnccc1-c1nc2cc(C(F)(F)F)cnc2o1. The third-order valence-electron chi connectivity index (χ3n) is 2.83. The lowest BCUT2D eigenvalue weighted by Crippen LogP contribution is -2.04. The van der Waals surface area contributed by atoms with Gasteiger partial charge in [-0.3, -0.25) is 4.98 Å². The number of pyridine rings is 2. The van der Waals surface area contributed by atoms with Crippen LogP contribution in [0.2, 0.25) is 0 Å². The fourth-order valence-electron chi connectivity index (χ4n) is 1.81. The minimum Gasteiger partial charge on any atom is -0.418 e. The molecule has 0 unspecified atom stereocenters. The van der Waals surface area contributed by atoms with Gasteiger partial charge in [-0.25, -0.2) is 9.97 Å². The van der Waals surface area contributed by atoms with Gasteiger partial charge in [0.1, 0.15) is 5.52 Å². The number of fused-ring (bicyclic) bond motifs is 1. The van der Waals surface area contributed by atoms with E-state index in [1.807, 2.05) is 6.92 Å². The standard InChI is InChI=1S/C13H8F3N3O/c1-7-5-17-3-2-9(7)11-19-10-4-8(13(14,15)16)6-18-12(10)20-11/h2-6H,1H3. The molecule has 3 aromatic heterocycles. The zero-order valence-electron chi connectivity index (χ0n) is 10.3. The minimum absolute atomic E-state index is 0.0733. The molecule has 0 aliphatic rings. The molecule has 20 heavy (non-hydrogen) atoms. The van der Waals surface area contributed by atoms with E-state index in [4.69, 9.17) is 4.42 Å². The zero-order chi connectivity index (χ0) is 14.3. The van der Waals surface area contributed by atoms with Crippen molar-refractivity contribution in [3.8, 4) is 11.5 Å². The van der Waals surface area contributed by atoms with E-state index in [9.17, 15) is 13.2 Å². The van der Waals surface area contributed by atoms with E-state index in [1.54, 1.807) is 18.5 Å². The molecule has 3 rings (SSSR count). The molecule has 102 valence electrons. The summed E-state index contributed by atoms with van der Waals surface area (Å²) in [6.07, 6.45) is -0.534. The Balaban J connectivity index is 2.14. The highest BCUT2D eigenvalue weighted by Crippen LogP contribution is 2.32. The predicted octanol–water partition coefficient (Wildman–Crippen LogP) is 3.61. The van der Waals surface area contributed by atoms with Crippen LogP contribution in [0.4, 0.5) is 13.2 Å². The summed E-state index contributed by atoms with van der Waals surface area (Å²) in [7, 11) is 0. The molecule has 0 fully saturated rings. The van der Waals surface area contributed by atoms with Gasteiger partial charge >= 0.3 is 6.18 Å². The molecule has 0 spiro atoms. The molecule has 0 aliphatic carbocycles. The van der Waals surface area contributed by atoms with Crippen LogP contribution in [0.3, 0.4) is 0 Å². The molecule has 0 aromatic carbocycles. The Morgan fingerprint density at radius 1 is 1.20 bits per heavy atom. The molecule has 3 aromatic rings. The summed E-state index contributed by atoms with van der Waals surface area (Å²) in [6.45, 7) is 1.81. The molecular weight excluding hydrogens is 271 g/mol.